The van der Waals surface area contributed by atoms with Gasteiger partial charge in [0.1, 0.15) is 0 Å². The number of hydrogen-bond acceptors (Lipinski definition) is 2. The molecule has 29 heavy (non-hydrogen) atoms. The number of rotatable bonds is 2. The highest BCUT2D eigenvalue weighted by molar-refractivity contribution is 6.65. The summed E-state index contributed by atoms with van der Waals surface area (Å²) in [5, 5.41) is 2.41. The molecule has 3 aromatic rings. The molecular weight excluding hydrogens is 355 g/mol. The van der Waals surface area contributed by atoms with Crippen molar-refractivity contribution in [1.29, 1.82) is 0 Å². The zero-order chi connectivity index (χ0) is 21.0. The molecular formula is C26H31BO2. The van der Waals surface area contributed by atoms with E-state index >= 15 is 0 Å². The van der Waals surface area contributed by atoms with Gasteiger partial charge in [0.25, 0.3) is 0 Å². The van der Waals surface area contributed by atoms with Crippen LogP contribution in [0.3, 0.4) is 0 Å². The highest BCUT2D eigenvalue weighted by Crippen LogP contribution is 2.38. The molecule has 0 atom stereocenters. The van der Waals surface area contributed by atoms with Gasteiger partial charge in [0.15, 0.2) is 0 Å². The second kappa shape index (κ2) is 6.72. The molecule has 0 aromatic heterocycles. The summed E-state index contributed by atoms with van der Waals surface area (Å²) < 4.78 is 12.7. The van der Waals surface area contributed by atoms with Crippen molar-refractivity contribution in [2.75, 3.05) is 0 Å². The molecule has 1 heterocycles. The second-order valence-corrected chi connectivity index (χ2v) is 10.2. The Bertz CT molecular complexity index is 1030. The summed E-state index contributed by atoms with van der Waals surface area (Å²) in [7, 11) is -0.359. The van der Waals surface area contributed by atoms with Crippen molar-refractivity contribution in [1.82, 2.24) is 0 Å². The summed E-state index contributed by atoms with van der Waals surface area (Å²) in [6.07, 6.45) is 0. The van der Waals surface area contributed by atoms with E-state index in [1.165, 1.54) is 27.5 Å². The van der Waals surface area contributed by atoms with Crippen LogP contribution in [0.5, 0.6) is 0 Å². The van der Waals surface area contributed by atoms with Crippen LogP contribution in [0.4, 0.5) is 0 Å². The van der Waals surface area contributed by atoms with Gasteiger partial charge in [-0.25, -0.2) is 0 Å². The average molecular weight is 386 g/mol. The molecule has 3 heteroatoms. The molecule has 0 unspecified atom stereocenters. The molecule has 0 saturated carbocycles. The van der Waals surface area contributed by atoms with Crippen molar-refractivity contribution in [2.45, 2.75) is 65.1 Å². The van der Waals surface area contributed by atoms with E-state index in [2.05, 4.69) is 109 Å². The summed E-state index contributed by atoms with van der Waals surface area (Å²) in [5.41, 5.74) is 4.37. The van der Waals surface area contributed by atoms with Crippen molar-refractivity contribution >= 4 is 23.4 Å². The molecule has 0 bridgehead atoms. The van der Waals surface area contributed by atoms with Gasteiger partial charge < -0.3 is 9.31 Å². The minimum absolute atomic E-state index is 0.154. The molecule has 0 amide bonds. The third-order valence-electron chi connectivity index (χ3n) is 6.53. The van der Waals surface area contributed by atoms with Crippen molar-refractivity contribution in [3.63, 3.8) is 0 Å². The Hall–Kier alpha value is -2.10. The van der Waals surface area contributed by atoms with Gasteiger partial charge in [0.2, 0.25) is 0 Å². The Kier molecular flexibility index (Phi) is 4.68. The van der Waals surface area contributed by atoms with Crippen molar-refractivity contribution in [3.05, 3.63) is 66.2 Å². The van der Waals surface area contributed by atoms with Gasteiger partial charge in [-0.05, 0) is 66.0 Å². The van der Waals surface area contributed by atoms with Crippen LogP contribution in [0.15, 0.2) is 60.7 Å². The molecule has 3 aromatic carbocycles. The third-order valence-corrected chi connectivity index (χ3v) is 6.53. The van der Waals surface area contributed by atoms with E-state index in [9.17, 15) is 0 Å². The monoisotopic (exact) mass is 386 g/mol. The fraction of sp³-hybridized carbons (Fsp3) is 0.385. The lowest BCUT2D eigenvalue weighted by Crippen LogP contribution is -2.41. The van der Waals surface area contributed by atoms with Crippen LogP contribution in [-0.2, 0) is 14.7 Å². The molecule has 1 aliphatic rings. The lowest BCUT2D eigenvalue weighted by atomic mass is 9.75. The van der Waals surface area contributed by atoms with Crippen LogP contribution in [0.1, 0.15) is 54.0 Å². The van der Waals surface area contributed by atoms with Gasteiger partial charge in [-0.2, -0.15) is 0 Å². The Morgan fingerprint density at radius 1 is 0.690 bits per heavy atom. The van der Waals surface area contributed by atoms with Crippen LogP contribution < -0.4 is 5.46 Å². The lowest BCUT2D eigenvalue weighted by Gasteiger charge is -2.32. The first kappa shape index (κ1) is 20.2. The number of benzene rings is 3. The van der Waals surface area contributed by atoms with Gasteiger partial charge in [-0.3, -0.25) is 0 Å². The topological polar surface area (TPSA) is 18.5 Å². The minimum Gasteiger partial charge on any atom is -0.399 e. The van der Waals surface area contributed by atoms with E-state index in [4.69, 9.17) is 9.31 Å². The lowest BCUT2D eigenvalue weighted by molar-refractivity contribution is 0.00578. The van der Waals surface area contributed by atoms with Crippen LogP contribution in [-0.4, -0.2) is 18.3 Å². The predicted molar refractivity (Wildman–Crippen MR) is 124 cm³/mol. The fourth-order valence-electron chi connectivity index (χ4n) is 3.90. The summed E-state index contributed by atoms with van der Waals surface area (Å²) in [5.74, 6) is 0. The standard InChI is InChI=1S/C26H31BO2/c1-24(2,3)19-14-12-18(13-15-19)20-16-17-23(22-11-9-8-10-21(20)22)27-28-25(4,5)26(6,7)29-27/h8-17H,1-7H3. The first-order valence-electron chi connectivity index (χ1n) is 10.5. The largest absolute Gasteiger partial charge is 0.495 e. The maximum Gasteiger partial charge on any atom is 0.495 e. The zero-order valence-corrected chi connectivity index (χ0v) is 18.7. The molecule has 0 aliphatic carbocycles. The Balaban J connectivity index is 1.79. The molecule has 0 radical (unpaired) electrons. The van der Waals surface area contributed by atoms with Gasteiger partial charge in [-0.1, -0.05) is 81.4 Å². The van der Waals surface area contributed by atoms with Crippen LogP contribution in [0.2, 0.25) is 0 Å². The maximum atomic E-state index is 6.33. The maximum absolute atomic E-state index is 6.33. The quantitative estimate of drug-likeness (QED) is 0.495. The fourth-order valence-corrected chi connectivity index (χ4v) is 3.90. The van der Waals surface area contributed by atoms with Gasteiger partial charge in [-0.15, -0.1) is 0 Å². The molecule has 1 fully saturated rings. The van der Waals surface area contributed by atoms with E-state index in [1.807, 2.05) is 0 Å². The Morgan fingerprint density at radius 3 is 1.79 bits per heavy atom. The van der Waals surface area contributed by atoms with Gasteiger partial charge in [0, 0.05) is 0 Å². The normalized spacial score (nSPS) is 18.4. The summed E-state index contributed by atoms with van der Waals surface area (Å²) in [6.45, 7) is 15.1. The van der Waals surface area contributed by atoms with Crippen LogP contribution in [0, 0.1) is 0 Å². The Labute approximate surface area is 175 Å². The van der Waals surface area contributed by atoms with E-state index in [0.717, 1.165) is 5.46 Å². The van der Waals surface area contributed by atoms with Gasteiger partial charge >= 0.3 is 7.12 Å². The second-order valence-electron chi connectivity index (χ2n) is 10.2. The number of fused-ring (bicyclic) bond motifs is 1. The van der Waals surface area contributed by atoms with Crippen LogP contribution >= 0.6 is 0 Å². The predicted octanol–water partition coefficient (Wildman–Crippen LogP) is 6.10. The first-order valence-corrected chi connectivity index (χ1v) is 10.5. The molecule has 4 rings (SSSR count). The van der Waals surface area contributed by atoms with E-state index < -0.39 is 0 Å². The molecule has 0 spiro atoms. The first-order chi connectivity index (χ1) is 13.5. The molecule has 1 aliphatic heterocycles. The molecule has 0 N–H and O–H groups in total. The summed E-state index contributed by atoms with van der Waals surface area (Å²) in [4.78, 5) is 0. The van der Waals surface area contributed by atoms with Crippen molar-refractivity contribution < 1.29 is 9.31 Å². The summed E-state index contributed by atoms with van der Waals surface area (Å²) >= 11 is 0. The number of hydrogen-bond donors (Lipinski definition) is 0. The van der Waals surface area contributed by atoms with E-state index in [1.54, 1.807) is 0 Å². The van der Waals surface area contributed by atoms with Crippen molar-refractivity contribution in [2.24, 2.45) is 0 Å². The SMILES string of the molecule is CC(C)(C)c1ccc(-c2ccc(B3OC(C)(C)C(C)(C)O3)c3ccccc23)cc1. The highest BCUT2D eigenvalue weighted by atomic mass is 16.7. The van der Waals surface area contributed by atoms with Crippen molar-refractivity contribution in [3.8, 4) is 11.1 Å². The Morgan fingerprint density at radius 2 is 1.24 bits per heavy atom. The summed E-state index contributed by atoms with van der Waals surface area (Å²) in [6, 6.07) is 21.9. The zero-order valence-electron chi connectivity index (χ0n) is 18.7. The van der Waals surface area contributed by atoms with Gasteiger partial charge in [0.05, 0.1) is 11.2 Å². The van der Waals surface area contributed by atoms with Crippen LogP contribution in [0.25, 0.3) is 21.9 Å². The van der Waals surface area contributed by atoms with E-state index in [-0.39, 0.29) is 23.7 Å². The smallest absolute Gasteiger partial charge is 0.399 e. The minimum atomic E-state index is -0.359. The average Bonchev–Trinajstić information content (AvgIpc) is 2.87. The molecule has 1 saturated heterocycles. The highest BCUT2D eigenvalue weighted by Gasteiger charge is 2.52. The molecule has 150 valence electrons. The van der Waals surface area contributed by atoms with E-state index in [0.29, 0.717) is 0 Å². The third kappa shape index (κ3) is 3.51. The molecule has 2 nitrogen and oxygen atoms in total.